The average molecular weight is 428 g/mol. The van der Waals surface area contributed by atoms with Crippen LogP contribution in [0, 0.1) is 6.92 Å². The molecule has 8 nitrogen and oxygen atoms in total. The van der Waals surface area contributed by atoms with Gasteiger partial charge in [-0.2, -0.15) is 0 Å². The Bertz CT molecular complexity index is 1290. The summed E-state index contributed by atoms with van der Waals surface area (Å²) >= 11 is 0. The molecular weight excluding hydrogens is 402 g/mol. The van der Waals surface area contributed by atoms with E-state index in [2.05, 4.69) is 41.1 Å². The first kappa shape index (κ1) is 21.3. The van der Waals surface area contributed by atoms with Crippen LogP contribution in [0.15, 0.2) is 48.5 Å². The van der Waals surface area contributed by atoms with Crippen molar-refractivity contribution in [2.45, 2.75) is 39.7 Å². The van der Waals surface area contributed by atoms with Crippen LogP contribution in [-0.4, -0.2) is 36.2 Å². The molecule has 162 valence electrons. The zero-order valence-corrected chi connectivity index (χ0v) is 18.6. The van der Waals surface area contributed by atoms with Crippen molar-refractivity contribution in [3.05, 3.63) is 71.2 Å². The lowest BCUT2D eigenvalue weighted by molar-refractivity contribution is 0.111. The lowest BCUT2D eigenvalue weighted by Crippen LogP contribution is -2.15. The minimum Gasteiger partial charge on any atom is -0.368 e. The van der Waals surface area contributed by atoms with Crippen LogP contribution in [0.4, 0.5) is 5.95 Å². The number of pyridine rings is 1. The van der Waals surface area contributed by atoms with E-state index in [1.165, 1.54) is 4.68 Å². The second-order valence-corrected chi connectivity index (χ2v) is 8.73. The van der Waals surface area contributed by atoms with E-state index in [-0.39, 0.29) is 11.4 Å². The molecule has 8 heteroatoms. The van der Waals surface area contributed by atoms with Crippen molar-refractivity contribution in [1.82, 2.24) is 29.9 Å². The van der Waals surface area contributed by atoms with Crippen LogP contribution in [0.3, 0.4) is 0 Å². The number of aromatic nitrogens is 6. The Kier molecular flexibility index (Phi) is 5.52. The van der Waals surface area contributed by atoms with Gasteiger partial charge >= 0.3 is 0 Å². The lowest BCUT2D eigenvalue weighted by Gasteiger charge is -2.18. The molecule has 3 heterocycles. The smallest absolute Gasteiger partial charge is 0.221 e. The van der Waals surface area contributed by atoms with Crippen LogP contribution in [0.5, 0.6) is 0 Å². The maximum Gasteiger partial charge on any atom is 0.221 e. The van der Waals surface area contributed by atoms with E-state index in [0.29, 0.717) is 29.3 Å². The first-order chi connectivity index (χ1) is 15.2. The summed E-state index contributed by atoms with van der Waals surface area (Å²) in [6, 6.07) is 15.5. The highest BCUT2D eigenvalue weighted by atomic mass is 16.1. The van der Waals surface area contributed by atoms with Crippen molar-refractivity contribution in [2.75, 3.05) is 5.73 Å². The van der Waals surface area contributed by atoms with Crippen molar-refractivity contribution in [3.63, 3.8) is 0 Å². The standard InChI is InChI=1S/C24H25N7O/c1-15-7-5-8-16(11-15)18-12-19(28-23(25)27-18)22-20(14-32)31(30-29-22)13-17-9-6-10-21(26-17)24(2,3)4/h5-12,14H,13H2,1-4H3,(H2,25,27,28). The second-order valence-electron chi connectivity index (χ2n) is 8.73. The number of nitrogen functional groups attached to an aromatic ring is 1. The van der Waals surface area contributed by atoms with E-state index in [1.54, 1.807) is 6.07 Å². The van der Waals surface area contributed by atoms with Gasteiger partial charge in [0.2, 0.25) is 5.95 Å². The third-order valence-corrected chi connectivity index (χ3v) is 5.07. The van der Waals surface area contributed by atoms with Crippen LogP contribution in [0.25, 0.3) is 22.6 Å². The van der Waals surface area contributed by atoms with Gasteiger partial charge in [-0.3, -0.25) is 9.78 Å². The van der Waals surface area contributed by atoms with Crippen LogP contribution >= 0.6 is 0 Å². The molecular formula is C24H25N7O. The van der Waals surface area contributed by atoms with Crippen molar-refractivity contribution in [1.29, 1.82) is 0 Å². The normalized spacial score (nSPS) is 11.5. The average Bonchev–Trinajstić information content (AvgIpc) is 3.15. The molecule has 0 aliphatic rings. The predicted molar refractivity (Wildman–Crippen MR) is 123 cm³/mol. The van der Waals surface area contributed by atoms with Gasteiger partial charge in [-0.25, -0.2) is 14.6 Å². The molecule has 0 fully saturated rings. The number of benzene rings is 1. The molecule has 0 radical (unpaired) electrons. The zero-order chi connectivity index (χ0) is 22.9. The van der Waals surface area contributed by atoms with Crippen molar-refractivity contribution < 1.29 is 4.79 Å². The number of nitrogens with zero attached hydrogens (tertiary/aromatic N) is 6. The lowest BCUT2D eigenvalue weighted by atomic mass is 9.91. The summed E-state index contributed by atoms with van der Waals surface area (Å²) in [5, 5.41) is 8.42. The maximum atomic E-state index is 12.0. The van der Waals surface area contributed by atoms with Gasteiger partial charge in [0.15, 0.2) is 6.29 Å². The van der Waals surface area contributed by atoms with Gasteiger partial charge in [-0.1, -0.05) is 55.8 Å². The first-order valence-electron chi connectivity index (χ1n) is 10.3. The Morgan fingerprint density at radius 1 is 1.00 bits per heavy atom. The Balaban J connectivity index is 1.72. The number of hydrogen-bond acceptors (Lipinski definition) is 7. The summed E-state index contributed by atoms with van der Waals surface area (Å²) in [5.41, 5.74) is 11.4. The van der Waals surface area contributed by atoms with Gasteiger partial charge in [-0.05, 0) is 31.2 Å². The van der Waals surface area contributed by atoms with Gasteiger partial charge in [0.25, 0.3) is 0 Å². The van der Waals surface area contributed by atoms with Crippen molar-refractivity contribution in [3.8, 4) is 22.6 Å². The number of anilines is 1. The van der Waals surface area contributed by atoms with E-state index in [9.17, 15) is 4.79 Å². The molecule has 0 spiro atoms. The fourth-order valence-corrected chi connectivity index (χ4v) is 3.41. The number of aldehydes is 1. The zero-order valence-electron chi connectivity index (χ0n) is 18.6. The summed E-state index contributed by atoms with van der Waals surface area (Å²) in [5.74, 6) is 0.102. The van der Waals surface area contributed by atoms with Crippen LogP contribution in [-0.2, 0) is 12.0 Å². The molecule has 4 aromatic rings. The highest BCUT2D eigenvalue weighted by Gasteiger charge is 2.19. The molecule has 0 amide bonds. The van der Waals surface area contributed by atoms with Gasteiger partial charge < -0.3 is 5.73 Å². The van der Waals surface area contributed by atoms with Crippen molar-refractivity contribution in [2.24, 2.45) is 0 Å². The Labute approximate surface area is 186 Å². The minimum atomic E-state index is -0.0816. The molecule has 0 saturated carbocycles. The van der Waals surface area contributed by atoms with Crippen LogP contribution < -0.4 is 5.73 Å². The largest absolute Gasteiger partial charge is 0.368 e. The van der Waals surface area contributed by atoms with E-state index in [1.807, 2.05) is 49.4 Å². The highest BCUT2D eigenvalue weighted by Crippen LogP contribution is 2.26. The molecule has 3 aromatic heterocycles. The minimum absolute atomic E-state index is 0.0816. The van der Waals surface area contributed by atoms with E-state index in [0.717, 1.165) is 28.8 Å². The molecule has 0 aliphatic carbocycles. The van der Waals surface area contributed by atoms with Gasteiger partial charge in [-0.15, -0.1) is 5.10 Å². The maximum absolute atomic E-state index is 12.0. The fraction of sp³-hybridized carbons (Fsp3) is 0.250. The number of rotatable bonds is 5. The molecule has 32 heavy (non-hydrogen) atoms. The third-order valence-electron chi connectivity index (χ3n) is 5.07. The summed E-state index contributed by atoms with van der Waals surface area (Å²) in [6.45, 7) is 8.64. The molecule has 0 saturated heterocycles. The van der Waals surface area contributed by atoms with Gasteiger partial charge in [0.1, 0.15) is 11.4 Å². The molecule has 0 bridgehead atoms. The molecule has 0 atom stereocenters. The first-order valence-corrected chi connectivity index (χ1v) is 10.3. The molecule has 0 aliphatic heterocycles. The number of nitrogens with two attached hydrogens (primary N) is 1. The van der Waals surface area contributed by atoms with Gasteiger partial charge in [0, 0.05) is 16.7 Å². The number of carbonyl (C=O) groups is 1. The molecule has 2 N–H and O–H groups in total. The highest BCUT2D eigenvalue weighted by molar-refractivity contribution is 5.83. The van der Waals surface area contributed by atoms with Crippen LogP contribution in [0.2, 0.25) is 0 Å². The SMILES string of the molecule is Cc1cccc(-c2cc(-c3nnn(Cc4cccc(C(C)(C)C)n4)c3C=O)nc(N)n2)c1. The molecule has 1 aromatic carbocycles. The topological polar surface area (TPSA) is 112 Å². The quantitative estimate of drug-likeness (QED) is 0.481. The third kappa shape index (κ3) is 4.39. The Hall–Kier alpha value is -3.94. The second kappa shape index (κ2) is 8.30. The van der Waals surface area contributed by atoms with E-state index < -0.39 is 0 Å². The predicted octanol–water partition coefficient (Wildman–Crippen LogP) is 3.85. The number of hydrogen-bond donors (Lipinski definition) is 1. The van der Waals surface area contributed by atoms with E-state index in [4.69, 9.17) is 10.7 Å². The monoisotopic (exact) mass is 427 g/mol. The number of carbonyl (C=O) groups excluding carboxylic acids is 1. The molecule has 0 unspecified atom stereocenters. The van der Waals surface area contributed by atoms with Crippen molar-refractivity contribution >= 4 is 12.2 Å². The van der Waals surface area contributed by atoms with E-state index >= 15 is 0 Å². The van der Waals surface area contributed by atoms with Gasteiger partial charge in [0.05, 0.1) is 23.6 Å². The Morgan fingerprint density at radius 2 is 1.75 bits per heavy atom. The molecule has 4 rings (SSSR count). The fourth-order valence-electron chi connectivity index (χ4n) is 3.41. The summed E-state index contributed by atoms with van der Waals surface area (Å²) in [6.07, 6.45) is 0.730. The summed E-state index contributed by atoms with van der Waals surface area (Å²) in [7, 11) is 0. The summed E-state index contributed by atoms with van der Waals surface area (Å²) < 4.78 is 1.53. The number of aryl methyl sites for hydroxylation is 1. The van der Waals surface area contributed by atoms with Crippen LogP contribution in [0.1, 0.15) is 48.2 Å². The summed E-state index contributed by atoms with van der Waals surface area (Å²) in [4.78, 5) is 25.4. The Morgan fingerprint density at radius 3 is 2.47 bits per heavy atom.